The highest BCUT2D eigenvalue weighted by molar-refractivity contribution is 7.98. The lowest BCUT2D eigenvalue weighted by Gasteiger charge is -2.09. The van der Waals surface area contributed by atoms with E-state index in [1.165, 1.54) is 12.1 Å². The van der Waals surface area contributed by atoms with Crippen LogP contribution in [0.15, 0.2) is 18.2 Å². The van der Waals surface area contributed by atoms with Gasteiger partial charge in [0.1, 0.15) is 5.56 Å². The molecule has 1 aromatic rings. The molecule has 110 valence electrons. The Morgan fingerprint density at radius 1 is 1.40 bits per heavy atom. The van der Waals surface area contributed by atoms with Crippen molar-refractivity contribution in [3.63, 3.8) is 0 Å². The maximum Gasteiger partial charge on any atom is 0.282 e. The van der Waals surface area contributed by atoms with E-state index < -0.39 is 10.8 Å². The molecular formula is C13H19N3O3S. The van der Waals surface area contributed by atoms with Crippen LogP contribution in [0.4, 0.5) is 11.4 Å². The summed E-state index contributed by atoms with van der Waals surface area (Å²) in [7, 11) is 0. The fraction of sp³-hybridized carbons (Fsp3) is 0.462. The van der Waals surface area contributed by atoms with E-state index >= 15 is 0 Å². The van der Waals surface area contributed by atoms with Crippen LogP contribution in [-0.4, -0.2) is 35.9 Å². The molecular weight excluding hydrogens is 278 g/mol. The minimum Gasteiger partial charge on any atom is -0.385 e. The zero-order chi connectivity index (χ0) is 15.0. The molecule has 0 spiro atoms. The lowest BCUT2D eigenvalue weighted by molar-refractivity contribution is -0.385. The summed E-state index contributed by atoms with van der Waals surface area (Å²) in [6.45, 7) is 3.27. The normalized spacial score (nSPS) is 10.1. The first-order chi connectivity index (χ1) is 9.60. The Balaban J connectivity index is 2.93. The summed E-state index contributed by atoms with van der Waals surface area (Å²) in [5, 5.41) is 16.8. The van der Waals surface area contributed by atoms with Gasteiger partial charge in [0.2, 0.25) is 0 Å². The first-order valence-electron chi connectivity index (χ1n) is 6.39. The summed E-state index contributed by atoms with van der Waals surface area (Å²) in [5.74, 6) is 0.360. The van der Waals surface area contributed by atoms with Gasteiger partial charge in [0.05, 0.1) is 4.92 Å². The van der Waals surface area contributed by atoms with Gasteiger partial charge in [-0.3, -0.25) is 14.9 Å². The van der Waals surface area contributed by atoms with Gasteiger partial charge >= 0.3 is 0 Å². The predicted molar refractivity (Wildman–Crippen MR) is 82.6 cm³/mol. The Morgan fingerprint density at radius 2 is 2.15 bits per heavy atom. The van der Waals surface area contributed by atoms with Crippen molar-refractivity contribution in [1.29, 1.82) is 0 Å². The molecule has 0 radical (unpaired) electrons. The first-order valence-corrected chi connectivity index (χ1v) is 7.79. The van der Waals surface area contributed by atoms with E-state index in [9.17, 15) is 14.9 Å². The fourth-order valence-electron chi connectivity index (χ4n) is 1.62. The third-order valence-electron chi connectivity index (χ3n) is 2.61. The molecule has 0 saturated carbocycles. The molecule has 20 heavy (non-hydrogen) atoms. The first kappa shape index (κ1) is 16.3. The van der Waals surface area contributed by atoms with E-state index in [0.717, 1.165) is 18.7 Å². The van der Waals surface area contributed by atoms with E-state index in [4.69, 9.17) is 0 Å². The van der Waals surface area contributed by atoms with Crippen LogP contribution in [0.25, 0.3) is 0 Å². The average molecular weight is 297 g/mol. The number of rotatable bonds is 8. The molecule has 1 amide bonds. The Kier molecular flexibility index (Phi) is 6.86. The highest BCUT2D eigenvalue weighted by Gasteiger charge is 2.20. The number of amides is 1. The molecule has 0 bridgehead atoms. The van der Waals surface area contributed by atoms with Crippen LogP contribution < -0.4 is 10.6 Å². The van der Waals surface area contributed by atoms with Crippen LogP contribution in [0.5, 0.6) is 0 Å². The van der Waals surface area contributed by atoms with Crippen LogP contribution >= 0.6 is 11.8 Å². The van der Waals surface area contributed by atoms with Crippen LogP contribution in [0.2, 0.25) is 0 Å². The lowest BCUT2D eigenvalue weighted by Crippen LogP contribution is -2.26. The number of nitro groups is 1. The molecule has 6 nitrogen and oxygen atoms in total. The Labute approximate surface area is 122 Å². The number of hydrogen-bond acceptors (Lipinski definition) is 5. The summed E-state index contributed by atoms with van der Waals surface area (Å²) in [6, 6.07) is 4.51. The van der Waals surface area contributed by atoms with E-state index in [2.05, 4.69) is 10.6 Å². The molecule has 7 heteroatoms. The summed E-state index contributed by atoms with van der Waals surface area (Å²) in [5.41, 5.74) is 0.637. The molecule has 0 fully saturated rings. The number of hydrogen-bond donors (Lipinski definition) is 2. The highest BCUT2D eigenvalue weighted by Crippen LogP contribution is 2.22. The lowest BCUT2D eigenvalue weighted by atomic mass is 10.1. The number of carbonyl (C=O) groups is 1. The maximum absolute atomic E-state index is 12.0. The number of benzene rings is 1. The standard InChI is InChI=1S/C13H19N3O3S/c1-3-6-14-10-4-5-12(16(18)19)11(9-10)13(17)15-7-8-20-2/h4-5,9,14H,3,6-8H2,1-2H3,(H,15,17). The van der Waals surface area contributed by atoms with Crippen molar-refractivity contribution in [2.24, 2.45) is 0 Å². The third kappa shape index (κ3) is 4.73. The van der Waals surface area contributed by atoms with Gasteiger partial charge in [-0.15, -0.1) is 0 Å². The van der Waals surface area contributed by atoms with Crippen LogP contribution in [0, 0.1) is 10.1 Å². The van der Waals surface area contributed by atoms with Gasteiger partial charge in [-0.25, -0.2) is 0 Å². The molecule has 2 N–H and O–H groups in total. The molecule has 1 rings (SSSR count). The second-order valence-electron chi connectivity index (χ2n) is 4.16. The zero-order valence-electron chi connectivity index (χ0n) is 11.6. The monoisotopic (exact) mass is 297 g/mol. The van der Waals surface area contributed by atoms with Crippen molar-refractivity contribution in [2.45, 2.75) is 13.3 Å². The molecule has 0 aliphatic rings. The van der Waals surface area contributed by atoms with Gasteiger partial charge in [-0.2, -0.15) is 11.8 Å². The zero-order valence-corrected chi connectivity index (χ0v) is 12.5. The molecule has 1 aromatic carbocycles. The second kappa shape index (κ2) is 8.42. The number of carbonyl (C=O) groups excluding carboxylic acids is 1. The topological polar surface area (TPSA) is 84.3 Å². The number of nitrogens with zero attached hydrogens (tertiary/aromatic N) is 1. The van der Waals surface area contributed by atoms with Crippen molar-refractivity contribution in [3.05, 3.63) is 33.9 Å². The predicted octanol–water partition coefficient (Wildman–Crippen LogP) is 2.51. The van der Waals surface area contributed by atoms with Gasteiger partial charge < -0.3 is 10.6 Å². The van der Waals surface area contributed by atoms with Gasteiger partial charge in [0.25, 0.3) is 11.6 Å². The smallest absolute Gasteiger partial charge is 0.282 e. The summed E-state index contributed by atoms with van der Waals surface area (Å²) in [6.07, 6.45) is 2.87. The van der Waals surface area contributed by atoms with Crippen molar-refractivity contribution in [1.82, 2.24) is 5.32 Å². The number of nitrogens with one attached hydrogen (secondary N) is 2. The van der Waals surface area contributed by atoms with Crippen LogP contribution in [0.1, 0.15) is 23.7 Å². The molecule has 0 aromatic heterocycles. The van der Waals surface area contributed by atoms with Crippen LogP contribution in [-0.2, 0) is 0 Å². The number of thioether (sulfide) groups is 1. The molecule has 0 aliphatic heterocycles. The van der Waals surface area contributed by atoms with E-state index in [1.54, 1.807) is 17.8 Å². The van der Waals surface area contributed by atoms with Gasteiger partial charge in [-0.1, -0.05) is 6.92 Å². The molecule has 0 atom stereocenters. The van der Waals surface area contributed by atoms with Crippen molar-refractivity contribution in [3.8, 4) is 0 Å². The third-order valence-corrected chi connectivity index (χ3v) is 3.22. The van der Waals surface area contributed by atoms with Gasteiger partial charge in [0, 0.05) is 30.6 Å². The SMILES string of the molecule is CCCNc1ccc([N+](=O)[O-])c(C(=O)NCCSC)c1. The average Bonchev–Trinajstić information content (AvgIpc) is 2.44. The minimum atomic E-state index is -0.535. The van der Waals surface area contributed by atoms with E-state index in [-0.39, 0.29) is 11.3 Å². The molecule has 0 aliphatic carbocycles. The summed E-state index contributed by atoms with van der Waals surface area (Å²) in [4.78, 5) is 22.5. The Bertz CT molecular complexity index is 480. The van der Waals surface area contributed by atoms with Crippen molar-refractivity contribution < 1.29 is 9.72 Å². The van der Waals surface area contributed by atoms with Crippen LogP contribution in [0.3, 0.4) is 0 Å². The number of anilines is 1. The van der Waals surface area contributed by atoms with Gasteiger partial charge in [-0.05, 0) is 24.8 Å². The maximum atomic E-state index is 12.0. The minimum absolute atomic E-state index is 0.0946. The fourth-order valence-corrected chi connectivity index (χ4v) is 1.92. The molecule has 0 heterocycles. The van der Waals surface area contributed by atoms with E-state index in [1.807, 2.05) is 13.2 Å². The quantitative estimate of drug-likeness (QED) is 0.437. The van der Waals surface area contributed by atoms with E-state index in [0.29, 0.717) is 12.2 Å². The summed E-state index contributed by atoms with van der Waals surface area (Å²) >= 11 is 1.60. The van der Waals surface area contributed by atoms with Gasteiger partial charge in [0.15, 0.2) is 0 Å². The molecule has 0 unspecified atom stereocenters. The Hall–Kier alpha value is -1.76. The second-order valence-corrected chi connectivity index (χ2v) is 5.15. The highest BCUT2D eigenvalue weighted by atomic mass is 32.2. The van der Waals surface area contributed by atoms with Crippen molar-refractivity contribution in [2.75, 3.05) is 30.4 Å². The Morgan fingerprint density at radius 3 is 2.75 bits per heavy atom. The number of nitro benzene ring substituents is 1. The van der Waals surface area contributed by atoms with Crippen molar-refractivity contribution >= 4 is 29.0 Å². The largest absolute Gasteiger partial charge is 0.385 e. The molecule has 0 saturated heterocycles. The summed E-state index contributed by atoms with van der Waals surface area (Å²) < 4.78 is 0.